The first-order valence-corrected chi connectivity index (χ1v) is 6.27. The number of carbonyl (C=O) groups excluding carboxylic acids is 1. The van der Waals surface area contributed by atoms with Gasteiger partial charge in [-0.3, -0.25) is 4.79 Å². The largest absolute Gasteiger partial charge is 0.504 e. The minimum atomic E-state index is -0.409. The summed E-state index contributed by atoms with van der Waals surface area (Å²) in [6.07, 6.45) is 1.47. The van der Waals surface area contributed by atoms with Crippen LogP contribution in [0.4, 0.5) is 5.82 Å². The van der Waals surface area contributed by atoms with E-state index in [1.54, 1.807) is 24.3 Å². The van der Waals surface area contributed by atoms with Crippen molar-refractivity contribution in [1.82, 2.24) is 4.98 Å². The fourth-order valence-electron chi connectivity index (χ4n) is 1.58. The summed E-state index contributed by atoms with van der Waals surface area (Å²) in [5.74, 6) is 0.181. The van der Waals surface area contributed by atoms with Gasteiger partial charge in [-0.2, -0.15) is 0 Å². The lowest BCUT2D eigenvalue weighted by Gasteiger charge is -2.10. The smallest absolute Gasteiger partial charge is 0.263 e. The number of nitrogens with one attached hydrogen (secondary N) is 1. The van der Waals surface area contributed by atoms with Crippen LogP contribution in [0, 0.1) is 6.92 Å². The standard InChI is InChI=1S/C14H13ClN2O3/c1-9-7-10(15)4-5-12(9)20-8-13(19)17-14-11(18)3-2-6-16-14/h2-7,18H,8H2,1H3,(H,16,17,19). The highest BCUT2D eigenvalue weighted by atomic mass is 35.5. The predicted molar refractivity (Wildman–Crippen MR) is 76.2 cm³/mol. The Morgan fingerprint density at radius 2 is 2.25 bits per heavy atom. The molecule has 0 saturated carbocycles. The molecule has 0 aliphatic heterocycles. The van der Waals surface area contributed by atoms with Crippen LogP contribution in [-0.2, 0) is 4.79 Å². The van der Waals surface area contributed by atoms with Gasteiger partial charge in [-0.1, -0.05) is 11.6 Å². The number of nitrogens with zero attached hydrogens (tertiary/aromatic N) is 1. The summed E-state index contributed by atoms with van der Waals surface area (Å²) in [4.78, 5) is 15.6. The van der Waals surface area contributed by atoms with Gasteiger partial charge in [0, 0.05) is 11.2 Å². The van der Waals surface area contributed by atoms with Crippen LogP contribution in [0.3, 0.4) is 0 Å². The number of benzene rings is 1. The zero-order valence-electron chi connectivity index (χ0n) is 10.8. The van der Waals surface area contributed by atoms with E-state index in [-0.39, 0.29) is 18.2 Å². The van der Waals surface area contributed by atoms with Gasteiger partial charge in [-0.05, 0) is 42.8 Å². The molecule has 0 spiro atoms. The summed E-state index contributed by atoms with van der Waals surface area (Å²) >= 11 is 5.83. The van der Waals surface area contributed by atoms with Crippen LogP contribution in [0.25, 0.3) is 0 Å². The van der Waals surface area contributed by atoms with Gasteiger partial charge in [0.1, 0.15) is 5.75 Å². The topological polar surface area (TPSA) is 71.5 Å². The monoisotopic (exact) mass is 292 g/mol. The van der Waals surface area contributed by atoms with Crippen molar-refractivity contribution in [2.75, 3.05) is 11.9 Å². The van der Waals surface area contributed by atoms with Crippen molar-refractivity contribution in [3.05, 3.63) is 47.1 Å². The summed E-state index contributed by atoms with van der Waals surface area (Å²) in [6.45, 7) is 1.65. The molecule has 0 aliphatic rings. The van der Waals surface area contributed by atoms with Crippen LogP contribution in [0.1, 0.15) is 5.56 Å². The molecule has 6 heteroatoms. The molecule has 0 atom stereocenters. The maximum atomic E-state index is 11.7. The van der Waals surface area contributed by atoms with Gasteiger partial charge in [0.25, 0.3) is 5.91 Å². The number of hydrogen-bond donors (Lipinski definition) is 2. The van der Waals surface area contributed by atoms with Crippen LogP contribution in [-0.4, -0.2) is 22.6 Å². The van der Waals surface area contributed by atoms with Gasteiger partial charge in [0.15, 0.2) is 18.2 Å². The quantitative estimate of drug-likeness (QED) is 0.909. The van der Waals surface area contributed by atoms with Gasteiger partial charge in [-0.15, -0.1) is 0 Å². The van der Waals surface area contributed by atoms with Gasteiger partial charge >= 0.3 is 0 Å². The lowest BCUT2D eigenvalue weighted by molar-refractivity contribution is -0.118. The number of aryl methyl sites for hydroxylation is 1. The molecule has 20 heavy (non-hydrogen) atoms. The lowest BCUT2D eigenvalue weighted by atomic mass is 10.2. The van der Waals surface area contributed by atoms with Crippen molar-refractivity contribution in [2.24, 2.45) is 0 Å². The summed E-state index contributed by atoms with van der Waals surface area (Å²) in [6, 6.07) is 8.14. The Hall–Kier alpha value is -2.27. The van der Waals surface area contributed by atoms with E-state index in [2.05, 4.69) is 10.3 Å². The van der Waals surface area contributed by atoms with Gasteiger partial charge in [-0.25, -0.2) is 4.98 Å². The number of pyridine rings is 1. The number of aromatic nitrogens is 1. The van der Waals surface area contributed by atoms with Crippen molar-refractivity contribution in [2.45, 2.75) is 6.92 Å². The second kappa shape index (κ2) is 6.25. The Morgan fingerprint density at radius 1 is 1.45 bits per heavy atom. The highest BCUT2D eigenvalue weighted by Gasteiger charge is 2.09. The summed E-state index contributed by atoms with van der Waals surface area (Å²) in [5, 5.41) is 12.6. The molecule has 0 aliphatic carbocycles. The van der Waals surface area contributed by atoms with Crippen LogP contribution >= 0.6 is 11.6 Å². The molecule has 0 bridgehead atoms. The molecular formula is C14H13ClN2O3. The SMILES string of the molecule is Cc1cc(Cl)ccc1OCC(=O)Nc1ncccc1O. The van der Waals surface area contributed by atoms with Crippen molar-refractivity contribution in [3.63, 3.8) is 0 Å². The second-order valence-corrected chi connectivity index (χ2v) is 4.55. The van der Waals surface area contributed by atoms with E-state index in [0.29, 0.717) is 10.8 Å². The number of halogens is 1. The van der Waals surface area contributed by atoms with Crippen LogP contribution < -0.4 is 10.1 Å². The van der Waals surface area contributed by atoms with Crippen LogP contribution in [0.5, 0.6) is 11.5 Å². The molecule has 1 aromatic heterocycles. The van der Waals surface area contributed by atoms with E-state index in [0.717, 1.165) is 5.56 Å². The van der Waals surface area contributed by atoms with E-state index in [4.69, 9.17) is 16.3 Å². The first-order valence-electron chi connectivity index (χ1n) is 5.89. The number of amides is 1. The third-order valence-corrected chi connectivity index (χ3v) is 2.78. The van der Waals surface area contributed by atoms with Crippen LogP contribution in [0.15, 0.2) is 36.5 Å². The second-order valence-electron chi connectivity index (χ2n) is 4.12. The maximum Gasteiger partial charge on any atom is 0.263 e. The minimum absolute atomic E-state index is 0.0940. The van der Waals surface area contributed by atoms with Crippen molar-refractivity contribution in [3.8, 4) is 11.5 Å². The van der Waals surface area contributed by atoms with Crippen LogP contribution in [0.2, 0.25) is 5.02 Å². The van der Waals surface area contributed by atoms with Crippen molar-refractivity contribution in [1.29, 1.82) is 0 Å². The predicted octanol–water partition coefficient (Wildman–Crippen LogP) is 2.77. The summed E-state index contributed by atoms with van der Waals surface area (Å²) < 4.78 is 5.39. The zero-order chi connectivity index (χ0) is 14.5. The third kappa shape index (κ3) is 3.61. The first kappa shape index (κ1) is 14.1. The Balaban J connectivity index is 1.94. The lowest BCUT2D eigenvalue weighted by Crippen LogP contribution is -2.21. The van der Waals surface area contributed by atoms with Gasteiger partial charge < -0.3 is 15.2 Å². The molecule has 2 N–H and O–H groups in total. The number of ether oxygens (including phenoxy) is 1. The third-order valence-electron chi connectivity index (χ3n) is 2.54. The number of anilines is 1. The molecule has 1 aromatic carbocycles. The molecular weight excluding hydrogens is 280 g/mol. The molecule has 2 rings (SSSR count). The average molecular weight is 293 g/mol. The van der Waals surface area contributed by atoms with Gasteiger partial charge in [0.05, 0.1) is 0 Å². The normalized spacial score (nSPS) is 10.1. The Bertz CT molecular complexity index is 632. The molecule has 0 unspecified atom stereocenters. The molecule has 2 aromatic rings. The molecule has 0 saturated heterocycles. The minimum Gasteiger partial charge on any atom is -0.504 e. The summed E-state index contributed by atoms with van der Waals surface area (Å²) in [5.41, 5.74) is 0.839. The highest BCUT2D eigenvalue weighted by Crippen LogP contribution is 2.22. The maximum absolute atomic E-state index is 11.7. The Morgan fingerprint density at radius 3 is 2.95 bits per heavy atom. The molecule has 5 nitrogen and oxygen atoms in total. The average Bonchev–Trinajstić information content (AvgIpc) is 2.40. The molecule has 104 valence electrons. The van der Waals surface area contributed by atoms with Crippen molar-refractivity contribution >= 4 is 23.3 Å². The Kier molecular flexibility index (Phi) is 4.42. The Labute approximate surface area is 121 Å². The molecule has 0 fully saturated rings. The zero-order valence-corrected chi connectivity index (χ0v) is 11.5. The van der Waals surface area contributed by atoms with E-state index < -0.39 is 5.91 Å². The highest BCUT2D eigenvalue weighted by molar-refractivity contribution is 6.30. The van der Waals surface area contributed by atoms with E-state index in [1.165, 1.54) is 12.3 Å². The number of hydrogen-bond acceptors (Lipinski definition) is 4. The van der Waals surface area contributed by atoms with Crippen molar-refractivity contribution < 1.29 is 14.6 Å². The number of aromatic hydroxyl groups is 1. The summed E-state index contributed by atoms with van der Waals surface area (Å²) in [7, 11) is 0. The van der Waals surface area contributed by atoms with E-state index in [9.17, 15) is 9.90 Å². The molecule has 1 amide bonds. The fraction of sp³-hybridized carbons (Fsp3) is 0.143. The molecule has 1 heterocycles. The van der Waals surface area contributed by atoms with E-state index in [1.807, 2.05) is 6.92 Å². The van der Waals surface area contributed by atoms with E-state index >= 15 is 0 Å². The first-order chi connectivity index (χ1) is 9.56. The van der Waals surface area contributed by atoms with Gasteiger partial charge in [0.2, 0.25) is 0 Å². The number of carbonyl (C=O) groups is 1. The number of rotatable bonds is 4. The molecule has 0 radical (unpaired) electrons. The fourth-order valence-corrected chi connectivity index (χ4v) is 1.81.